The predicted octanol–water partition coefficient (Wildman–Crippen LogP) is 2.01. The zero-order valence-electron chi connectivity index (χ0n) is 12.5. The predicted molar refractivity (Wildman–Crippen MR) is 61.9 cm³/mol. The minimum atomic E-state index is -2.16. The Hall–Kier alpha value is -0.830. The van der Waals surface area contributed by atoms with Gasteiger partial charge < -0.3 is 4.90 Å². The second-order valence-electron chi connectivity index (χ2n) is 4.57. The quantitative estimate of drug-likeness (QED) is 0.744. The van der Waals surface area contributed by atoms with Crippen LogP contribution in [0.2, 0.25) is 0 Å². The monoisotopic (exact) mass is 210 g/mol. The van der Waals surface area contributed by atoms with Crippen molar-refractivity contribution in [3.05, 3.63) is 18.0 Å². The first-order valence-electron chi connectivity index (χ1n) is 7.18. The molecule has 0 unspecified atom stereocenters. The lowest BCUT2D eigenvalue weighted by Crippen LogP contribution is -2.38. The summed E-state index contributed by atoms with van der Waals surface area (Å²) in [5, 5.41) is 3.96. The van der Waals surface area contributed by atoms with Crippen LogP contribution in [0.3, 0.4) is 0 Å². The van der Waals surface area contributed by atoms with Gasteiger partial charge in [0.25, 0.3) is 0 Å². The zero-order chi connectivity index (χ0) is 13.3. The fourth-order valence-corrected chi connectivity index (χ4v) is 2.33. The normalized spacial score (nSPS) is 23.8. The molecule has 0 bridgehead atoms. The Morgan fingerprint density at radius 3 is 2.80 bits per heavy atom. The van der Waals surface area contributed by atoms with Gasteiger partial charge in [0.2, 0.25) is 0 Å². The molecule has 2 heterocycles. The van der Waals surface area contributed by atoms with E-state index in [9.17, 15) is 0 Å². The molecule has 0 spiro atoms. The van der Waals surface area contributed by atoms with Crippen LogP contribution in [0.4, 0.5) is 0 Å². The average Bonchev–Trinajstić information content (AvgIpc) is 2.77. The van der Waals surface area contributed by atoms with Crippen molar-refractivity contribution >= 4 is 0 Å². The van der Waals surface area contributed by atoms with Crippen molar-refractivity contribution in [1.29, 1.82) is 0 Å². The van der Waals surface area contributed by atoms with Crippen LogP contribution < -0.4 is 0 Å². The lowest BCUT2D eigenvalue weighted by molar-refractivity contribution is 0.169. The molecule has 0 atom stereocenters. The van der Waals surface area contributed by atoms with Crippen molar-refractivity contribution in [3.8, 4) is 0 Å². The Bertz CT molecular complexity index is 390. The number of rotatable bonds is 2. The van der Waals surface area contributed by atoms with Gasteiger partial charge in [-0.1, -0.05) is 0 Å². The highest BCUT2D eigenvalue weighted by Gasteiger charge is 2.23. The van der Waals surface area contributed by atoms with Gasteiger partial charge >= 0.3 is 0 Å². The summed E-state index contributed by atoms with van der Waals surface area (Å²) in [7, 11) is 0. The molecule has 84 valence electrons. The first kappa shape index (κ1) is 7.44. The summed E-state index contributed by atoms with van der Waals surface area (Å²) in [4.78, 5) is 2.44. The average molecular weight is 210 g/mol. The molecule has 3 heteroatoms. The summed E-state index contributed by atoms with van der Waals surface area (Å²) in [5.41, 5.74) is 0.860. The van der Waals surface area contributed by atoms with E-state index in [1.54, 1.807) is 6.20 Å². The van der Waals surface area contributed by atoms with Gasteiger partial charge in [-0.3, -0.25) is 4.68 Å². The van der Waals surface area contributed by atoms with Gasteiger partial charge in [0.15, 0.2) is 0 Å². The molecule has 1 saturated heterocycles. The molecule has 0 aromatic carbocycles. The standard InChI is InChI=1S/C12H21N3/c1-10(2)15-8-5-11(6-9-15)12-4-7-13-14(12)3/h4,7,10-11H,5-6,8-9H2,1-3H3/i3D3. The summed E-state index contributed by atoms with van der Waals surface area (Å²) in [6.45, 7) is 4.32. The Morgan fingerprint density at radius 2 is 2.20 bits per heavy atom. The Labute approximate surface area is 96.3 Å². The first-order chi connectivity index (χ1) is 8.39. The molecule has 1 fully saturated rings. The maximum Gasteiger partial charge on any atom is 0.0492 e. The van der Waals surface area contributed by atoms with Crippen LogP contribution in [-0.4, -0.2) is 33.8 Å². The first-order valence-corrected chi connectivity index (χ1v) is 5.68. The third-order valence-electron chi connectivity index (χ3n) is 3.35. The minimum Gasteiger partial charge on any atom is -0.301 e. The molecule has 1 aromatic rings. The maximum absolute atomic E-state index is 7.48. The number of nitrogens with zero attached hydrogens (tertiary/aromatic N) is 3. The molecule has 1 aromatic heterocycles. The number of aryl methyl sites for hydroxylation is 1. The van der Waals surface area contributed by atoms with Gasteiger partial charge in [-0.25, -0.2) is 0 Å². The van der Waals surface area contributed by atoms with Gasteiger partial charge in [-0.2, -0.15) is 5.10 Å². The molecule has 0 radical (unpaired) electrons. The van der Waals surface area contributed by atoms with Gasteiger partial charge in [0.05, 0.1) is 0 Å². The van der Waals surface area contributed by atoms with E-state index in [1.807, 2.05) is 6.07 Å². The van der Waals surface area contributed by atoms with E-state index in [4.69, 9.17) is 4.11 Å². The van der Waals surface area contributed by atoms with Crippen molar-refractivity contribution in [3.63, 3.8) is 0 Å². The molecule has 0 N–H and O–H groups in total. The van der Waals surface area contributed by atoms with Crippen LogP contribution in [0.1, 0.15) is 42.4 Å². The molecule has 2 rings (SSSR count). The number of hydrogen-bond acceptors (Lipinski definition) is 2. The molecule has 0 aliphatic carbocycles. The third kappa shape index (κ3) is 2.23. The highest BCUT2D eigenvalue weighted by molar-refractivity contribution is 5.08. The van der Waals surface area contributed by atoms with Crippen LogP contribution in [0, 0.1) is 0 Å². The summed E-state index contributed by atoms with van der Waals surface area (Å²) in [6.07, 6.45) is 3.62. The molecule has 1 aliphatic heterocycles. The van der Waals surface area contributed by atoms with Crippen LogP contribution >= 0.6 is 0 Å². The summed E-state index contributed by atoms with van der Waals surface area (Å²) in [6, 6.07) is 2.42. The van der Waals surface area contributed by atoms with Crippen LogP contribution in [-0.2, 0) is 6.98 Å². The molecule has 0 amide bonds. The zero-order valence-corrected chi connectivity index (χ0v) is 9.48. The van der Waals surface area contributed by atoms with E-state index >= 15 is 0 Å². The van der Waals surface area contributed by atoms with Crippen molar-refractivity contribution < 1.29 is 4.11 Å². The smallest absolute Gasteiger partial charge is 0.0492 e. The van der Waals surface area contributed by atoms with Crippen LogP contribution in [0.5, 0.6) is 0 Å². The molecular formula is C12H21N3. The Kier molecular flexibility index (Phi) is 2.16. The van der Waals surface area contributed by atoms with Gasteiger partial charge in [-0.05, 0) is 45.8 Å². The molecule has 0 saturated carbocycles. The van der Waals surface area contributed by atoms with Crippen molar-refractivity contribution in [2.24, 2.45) is 6.98 Å². The highest BCUT2D eigenvalue weighted by Crippen LogP contribution is 2.27. The summed E-state index contributed by atoms with van der Waals surface area (Å²) < 4.78 is 23.7. The van der Waals surface area contributed by atoms with Crippen molar-refractivity contribution in [1.82, 2.24) is 14.7 Å². The number of hydrogen-bond donors (Lipinski definition) is 0. The van der Waals surface area contributed by atoms with Gasteiger partial charge in [0, 0.05) is 34.9 Å². The molecule has 1 aliphatic rings. The van der Waals surface area contributed by atoms with Crippen LogP contribution in [0.25, 0.3) is 0 Å². The number of aromatic nitrogens is 2. The largest absolute Gasteiger partial charge is 0.301 e. The number of piperidine rings is 1. The lowest BCUT2D eigenvalue weighted by atomic mass is 9.93. The summed E-state index contributed by atoms with van der Waals surface area (Å²) in [5.74, 6) is 0.322. The Morgan fingerprint density at radius 1 is 1.47 bits per heavy atom. The molecule has 15 heavy (non-hydrogen) atoms. The lowest BCUT2D eigenvalue weighted by Gasteiger charge is -2.34. The molecule has 3 nitrogen and oxygen atoms in total. The molecular weight excluding hydrogens is 186 g/mol. The number of likely N-dealkylation sites (tertiary alicyclic amines) is 1. The third-order valence-corrected chi connectivity index (χ3v) is 3.35. The van der Waals surface area contributed by atoms with E-state index in [1.165, 1.54) is 4.68 Å². The van der Waals surface area contributed by atoms with E-state index < -0.39 is 6.98 Å². The van der Waals surface area contributed by atoms with E-state index in [0.717, 1.165) is 31.6 Å². The topological polar surface area (TPSA) is 21.1 Å². The Balaban J connectivity index is 2.09. The maximum atomic E-state index is 7.48. The van der Waals surface area contributed by atoms with E-state index in [2.05, 4.69) is 23.8 Å². The summed E-state index contributed by atoms with van der Waals surface area (Å²) >= 11 is 0. The van der Waals surface area contributed by atoms with Crippen LogP contribution in [0.15, 0.2) is 12.3 Å². The van der Waals surface area contributed by atoms with Crippen molar-refractivity contribution in [2.45, 2.75) is 38.6 Å². The van der Waals surface area contributed by atoms with Gasteiger partial charge in [0.1, 0.15) is 0 Å². The van der Waals surface area contributed by atoms with E-state index in [0.29, 0.717) is 12.0 Å². The van der Waals surface area contributed by atoms with Crippen molar-refractivity contribution in [2.75, 3.05) is 13.1 Å². The second kappa shape index (κ2) is 4.35. The fraction of sp³-hybridized carbons (Fsp3) is 0.750. The fourth-order valence-electron chi connectivity index (χ4n) is 2.33. The van der Waals surface area contributed by atoms with Gasteiger partial charge in [-0.15, -0.1) is 0 Å². The highest BCUT2D eigenvalue weighted by atomic mass is 15.3. The minimum absolute atomic E-state index is 0.322. The second-order valence-corrected chi connectivity index (χ2v) is 4.57. The SMILES string of the molecule is [2H]C([2H])([2H])n1nccc1C1CCN(C(C)C)CC1. The van der Waals surface area contributed by atoms with E-state index in [-0.39, 0.29) is 0 Å².